The van der Waals surface area contributed by atoms with Crippen LogP contribution in [0.2, 0.25) is 5.28 Å². The minimum absolute atomic E-state index is 0.120. The predicted octanol–water partition coefficient (Wildman–Crippen LogP) is 3.08. The Labute approximate surface area is 96.6 Å². The molecule has 0 saturated carbocycles. The zero-order valence-electron chi connectivity index (χ0n) is 8.66. The first-order chi connectivity index (χ1) is 7.61. The molecule has 0 aliphatic heterocycles. The van der Waals surface area contributed by atoms with Gasteiger partial charge in [0.05, 0.1) is 16.0 Å². The lowest BCUT2D eigenvalue weighted by Crippen LogP contribution is -1.95. The molecule has 1 N–H and O–H groups in total. The summed E-state index contributed by atoms with van der Waals surface area (Å²) in [6, 6.07) is 3.21. The topological polar surface area (TPSA) is 71.8 Å². The van der Waals surface area contributed by atoms with Crippen LogP contribution >= 0.6 is 11.6 Å². The monoisotopic (exact) mass is 239 g/mol. The number of aryl methyl sites for hydroxylation is 1. The Morgan fingerprint density at radius 2 is 2.31 bits per heavy atom. The molecule has 0 spiro atoms. The number of nitro groups is 1. The van der Waals surface area contributed by atoms with E-state index in [9.17, 15) is 10.1 Å². The van der Waals surface area contributed by atoms with Crippen LogP contribution in [0.15, 0.2) is 12.1 Å². The van der Waals surface area contributed by atoms with Crippen molar-refractivity contribution in [2.75, 3.05) is 0 Å². The molecule has 0 fully saturated rings. The molecule has 2 aromatic rings. The normalized spacial score (nSPS) is 10.9. The summed E-state index contributed by atoms with van der Waals surface area (Å²) in [5.41, 5.74) is 2.08. The lowest BCUT2D eigenvalue weighted by Gasteiger charge is -2.00. The second kappa shape index (κ2) is 4.09. The number of nitrogens with one attached hydrogen (secondary N) is 1. The molecule has 5 nitrogen and oxygen atoms in total. The average Bonchev–Trinajstić information content (AvgIpc) is 2.56. The molecule has 84 valence electrons. The van der Waals surface area contributed by atoms with Crippen LogP contribution < -0.4 is 0 Å². The number of rotatable bonds is 3. The van der Waals surface area contributed by atoms with Crippen molar-refractivity contribution in [2.24, 2.45) is 0 Å². The van der Waals surface area contributed by atoms with Crippen LogP contribution in [0, 0.1) is 10.1 Å². The highest BCUT2D eigenvalue weighted by Crippen LogP contribution is 2.26. The van der Waals surface area contributed by atoms with Gasteiger partial charge in [0.15, 0.2) is 0 Å². The van der Waals surface area contributed by atoms with Gasteiger partial charge in [0.2, 0.25) is 5.28 Å². The van der Waals surface area contributed by atoms with Crippen molar-refractivity contribution >= 4 is 28.3 Å². The van der Waals surface area contributed by atoms with E-state index in [4.69, 9.17) is 11.6 Å². The van der Waals surface area contributed by atoms with Crippen molar-refractivity contribution in [3.05, 3.63) is 33.1 Å². The van der Waals surface area contributed by atoms with Gasteiger partial charge in [-0.2, -0.15) is 0 Å². The van der Waals surface area contributed by atoms with Gasteiger partial charge >= 0.3 is 0 Å². The number of nitro benzene ring substituents is 1. The largest absolute Gasteiger partial charge is 0.328 e. The van der Waals surface area contributed by atoms with E-state index in [1.807, 2.05) is 6.92 Å². The summed E-state index contributed by atoms with van der Waals surface area (Å²) >= 11 is 5.71. The predicted molar refractivity (Wildman–Crippen MR) is 61.8 cm³/mol. The van der Waals surface area contributed by atoms with E-state index in [0.29, 0.717) is 23.0 Å². The molecular formula is C10H10ClN3O2. The fraction of sp³-hybridized carbons (Fsp3) is 0.300. The third-order valence-electron chi connectivity index (χ3n) is 2.37. The van der Waals surface area contributed by atoms with E-state index in [2.05, 4.69) is 9.97 Å². The maximum absolute atomic E-state index is 10.9. The van der Waals surface area contributed by atoms with E-state index >= 15 is 0 Å². The molecule has 1 aromatic carbocycles. The highest BCUT2D eigenvalue weighted by atomic mass is 35.5. The van der Waals surface area contributed by atoms with Crippen molar-refractivity contribution in [3.8, 4) is 0 Å². The van der Waals surface area contributed by atoms with Crippen molar-refractivity contribution in [3.63, 3.8) is 0 Å². The van der Waals surface area contributed by atoms with Gasteiger partial charge < -0.3 is 4.98 Å². The van der Waals surface area contributed by atoms with Gasteiger partial charge in [-0.1, -0.05) is 13.3 Å². The van der Waals surface area contributed by atoms with Crippen molar-refractivity contribution in [1.29, 1.82) is 0 Å². The number of hydrogen-bond acceptors (Lipinski definition) is 3. The molecule has 1 aromatic heterocycles. The molecule has 16 heavy (non-hydrogen) atoms. The highest BCUT2D eigenvalue weighted by molar-refractivity contribution is 6.29. The van der Waals surface area contributed by atoms with Crippen LogP contribution in [0.3, 0.4) is 0 Å². The van der Waals surface area contributed by atoms with Crippen molar-refractivity contribution < 1.29 is 4.92 Å². The minimum Gasteiger partial charge on any atom is -0.328 e. The summed E-state index contributed by atoms with van der Waals surface area (Å²) in [5.74, 6) is 0. The fourth-order valence-electron chi connectivity index (χ4n) is 1.70. The average molecular weight is 240 g/mol. The molecule has 0 aliphatic carbocycles. The molecule has 2 rings (SSSR count). The Morgan fingerprint density at radius 3 is 2.94 bits per heavy atom. The Kier molecular flexibility index (Phi) is 2.78. The van der Waals surface area contributed by atoms with E-state index in [1.165, 1.54) is 6.07 Å². The Balaban J connectivity index is 2.64. The standard InChI is InChI=1S/C10H10ClN3O2/c1-2-3-6-4-7-8(13-10(11)12-7)5-9(6)14(15)16/h4-5H,2-3H2,1H3,(H,12,13). The lowest BCUT2D eigenvalue weighted by atomic mass is 10.1. The fourth-order valence-corrected chi connectivity index (χ4v) is 1.89. The first kappa shape index (κ1) is 10.9. The highest BCUT2D eigenvalue weighted by Gasteiger charge is 2.16. The summed E-state index contributed by atoms with van der Waals surface area (Å²) in [7, 11) is 0. The number of H-pyrrole nitrogens is 1. The van der Waals surface area contributed by atoms with Crippen LogP contribution in [0.1, 0.15) is 18.9 Å². The van der Waals surface area contributed by atoms with Crippen LogP contribution in [0.5, 0.6) is 0 Å². The third kappa shape index (κ3) is 1.86. The van der Waals surface area contributed by atoms with Gasteiger partial charge in [0, 0.05) is 11.6 Å². The van der Waals surface area contributed by atoms with Gasteiger partial charge in [-0.3, -0.25) is 10.1 Å². The first-order valence-electron chi connectivity index (χ1n) is 4.94. The number of aromatic nitrogens is 2. The van der Waals surface area contributed by atoms with Gasteiger partial charge in [0.1, 0.15) is 0 Å². The zero-order valence-corrected chi connectivity index (χ0v) is 9.41. The maximum atomic E-state index is 10.9. The molecule has 0 atom stereocenters. The molecule has 0 aliphatic rings. The SMILES string of the molecule is CCCc1cc2nc(Cl)[nH]c2cc1[N+](=O)[O-]. The third-order valence-corrected chi connectivity index (χ3v) is 2.55. The molecule has 0 radical (unpaired) electrons. The second-order valence-corrected chi connectivity index (χ2v) is 3.89. The molecule has 0 saturated heterocycles. The molecular weight excluding hydrogens is 230 g/mol. The van der Waals surface area contributed by atoms with Crippen molar-refractivity contribution in [2.45, 2.75) is 19.8 Å². The number of imidazole rings is 1. The van der Waals surface area contributed by atoms with Crippen LogP contribution in [-0.2, 0) is 6.42 Å². The van der Waals surface area contributed by atoms with E-state index in [1.54, 1.807) is 6.07 Å². The summed E-state index contributed by atoms with van der Waals surface area (Å²) in [6.45, 7) is 1.98. The zero-order chi connectivity index (χ0) is 11.7. The number of nitrogens with zero attached hydrogens (tertiary/aromatic N) is 2. The second-order valence-electron chi connectivity index (χ2n) is 3.53. The first-order valence-corrected chi connectivity index (χ1v) is 5.32. The quantitative estimate of drug-likeness (QED) is 0.661. The van der Waals surface area contributed by atoms with Crippen LogP contribution in [0.25, 0.3) is 11.0 Å². The summed E-state index contributed by atoms with van der Waals surface area (Å²) in [6.07, 6.45) is 1.52. The molecule has 6 heteroatoms. The number of fused-ring (bicyclic) bond motifs is 1. The van der Waals surface area contributed by atoms with Gasteiger partial charge in [-0.05, 0) is 24.1 Å². The summed E-state index contributed by atoms with van der Waals surface area (Å²) < 4.78 is 0. The van der Waals surface area contributed by atoms with E-state index < -0.39 is 0 Å². The van der Waals surface area contributed by atoms with Crippen molar-refractivity contribution in [1.82, 2.24) is 9.97 Å². The Morgan fingerprint density at radius 1 is 1.56 bits per heavy atom. The Bertz CT molecular complexity index is 550. The number of hydrogen-bond donors (Lipinski definition) is 1. The van der Waals surface area contributed by atoms with Gasteiger partial charge in [-0.15, -0.1) is 0 Å². The molecule has 0 amide bonds. The summed E-state index contributed by atoms with van der Waals surface area (Å²) in [4.78, 5) is 17.3. The maximum Gasteiger partial charge on any atom is 0.274 e. The molecule has 0 unspecified atom stereocenters. The lowest BCUT2D eigenvalue weighted by molar-refractivity contribution is -0.385. The van der Waals surface area contributed by atoms with E-state index in [0.717, 1.165) is 6.42 Å². The smallest absolute Gasteiger partial charge is 0.274 e. The van der Waals surface area contributed by atoms with Gasteiger partial charge in [0.25, 0.3) is 5.69 Å². The van der Waals surface area contributed by atoms with Gasteiger partial charge in [-0.25, -0.2) is 4.98 Å². The molecule has 1 heterocycles. The molecule has 0 bridgehead atoms. The number of aromatic amines is 1. The van der Waals surface area contributed by atoms with Crippen LogP contribution in [-0.4, -0.2) is 14.9 Å². The van der Waals surface area contributed by atoms with Crippen LogP contribution in [0.4, 0.5) is 5.69 Å². The Hall–Kier alpha value is -1.62. The number of benzene rings is 1. The number of halogens is 1. The van der Waals surface area contributed by atoms with E-state index in [-0.39, 0.29) is 15.9 Å². The summed E-state index contributed by atoms with van der Waals surface area (Å²) in [5, 5.41) is 11.1. The minimum atomic E-state index is -0.376.